The Kier molecular flexibility index (Phi) is 8.31. The molecule has 38 heavy (non-hydrogen) atoms. The van der Waals surface area contributed by atoms with Crippen LogP contribution in [0.5, 0.6) is 0 Å². The summed E-state index contributed by atoms with van der Waals surface area (Å²) in [7, 11) is 0.0488. The number of amides is 2. The average Bonchev–Trinajstić information content (AvgIpc) is 3.27. The molecule has 0 aliphatic carbocycles. The lowest BCUT2D eigenvalue weighted by atomic mass is 9.96. The number of anilines is 2. The van der Waals surface area contributed by atoms with Crippen molar-refractivity contribution in [1.82, 2.24) is 4.90 Å². The van der Waals surface area contributed by atoms with Gasteiger partial charge in [0.05, 0.1) is 16.4 Å². The zero-order valence-electron chi connectivity index (χ0n) is 20.7. The van der Waals surface area contributed by atoms with E-state index in [0.29, 0.717) is 17.7 Å². The number of carbonyl (C=O) groups is 3. The maximum atomic E-state index is 15.1. The highest BCUT2D eigenvalue weighted by Gasteiger charge is 2.34. The Balaban J connectivity index is 1.47. The first-order valence-corrected chi connectivity index (χ1v) is 14.5. The van der Waals surface area contributed by atoms with Gasteiger partial charge in [0, 0.05) is 30.8 Å². The quantitative estimate of drug-likeness (QED) is 0.365. The number of thiophene rings is 1. The number of Topliss-reactive ketones (excluding diaryl/α,β-unsaturated/α-hetero) is 1. The molecule has 2 heterocycles. The van der Waals surface area contributed by atoms with Gasteiger partial charge in [-0.3, -0.25) is 14.4 Å². The first kappa shape index (κ1) is 27.9. The largest absolute Gasteiger partial charge is 0.384 e. The topological polar surface area (TPSA) is 104 Å². The zero-order chi connectivity index (χ0) is 27.6. The smallest absolute Gasteiger partial charge is 0.265 e. The molecule has 8 nitrogen and oxygen atoms in total. The van der Waals surface area contributed by atoms with E-state index in [2.05, 4.69) is 5.32 Å². The average molecular weight is 578 g/mol. The van der Waals surface area contributed by atoms with Gasteiger partial charge in [-0.25, -0.2) is 17.7 Å². The molecule has 200 valence electrons. The molecule has 0 radical (unpaired) electrons. The summed E-state index contributed by atoms with van der Waals surface area (Å²) in [6.45, 7) is 1.50. The first-order valence-electron chi connectivity index (χ1n) is 11.6. The molecule has 1 aliphatic rings. The van der Waals surface area contributed by atoms with Gasteiger partial charge < -0.3 is 10.2 Å². The van der Waals surface area contributed by atoms with Crippen LogP contribution < -0.4 is 10.2 Å². The van der Waals surface area contributed by atoms with Crippen molar-refractivity contribution >= 4 is 61.7 Å². The van der Waals surface area contributed by atoms with Crippen LogP contribution in [0, 0.1) is 5.82 Å². The van der Waals surface area contributed by atoms with E-state index in [1.165, 1.54) is 24.3 Å². The van der Waals surface area contributed by atoms with Gasteiger partial charge in [-0.1, -0.05) is 17.7 Å². The van der Waals surface area contributed by atoms with Crippen LogP contribution in [0.2, 0.25) is 4.34 Å². The molecule has 1 N–H and O–H groups in total. The molecule has 0 unspecified atom stereocenters. The summed E-state index contributed by atoms with van der Waals surface area (Å²) in [6.07, 6.45) is -0.404. The molecule has 0 spiro atoms. The fraction of sp³-hybridized carbons (Fsp3) is 0.269. The standard InChI is InChI=1S/C26H25ClFN3O5S2/c1-30(2)10-9-29-18-4-5-20-17(13-18)14-24(33)31(26(20)34)22-6-3-16(12-21(22)28)11-19(32)15-38(35,36)25-8-7-23(27)37-25/h3-8,12-13,29H,9-11,14-15H2,1-2H3. The third kappa shape index (κ3) is 6.29. The number of likely N-dealkylation sites (N-methyl/N-ethyl adjacent to an activating group) is 1. The molecule has 2 aromatic carbocycles. The maximum absolute atomic E-state index is 15.1. The number of sulfone groups is 1. The number of hydrogen-bond donors (Lipinski definition) is 1. The minimum absolute atomic E-state index is 0.0174. The van der Waals surface area contributed by atoms with Gasteiger partial charge in [-0.15, -0.1) is 11.3 Å². The lowest BCUT2D eigenvalue weighted by molar-refractivity contribution is -0.118. The Bertz CT molecular complexity index is 1520. The van der Waals surface area contributed by atoms with E-state index in [0.717, 1.165) is 34.5 Å². The predicted octanol–water partition coefficient (Wildman–Crippen LogP) is 3.83. The van der Waals surface area contributed by atoms with E-state index in [1.807, 2.05) is 19.0 Å². The van der Waals surface area contributed by atoms with Crippen molar-refractivity contribution in [3.63, 3.8) is 0 Å². The van der Waals surface area contributed by atoms with Crippen LogP contribution in [-0.4, -0.2) is 63.9 Å². The molecule has 1 aromatic heterocycles. The second-order valence-corrected chi connectivity index (χ2v) is 13.1. The minimum atomic E-state index is -3.86. The van der Waals surface area contributed by atoms with Crippen molar-refractivity contribution in [2.45, 2.75) is 17.1 Å². The van der Waals surface area contributed by atoms with Gasteiger partial charge in [-0.2, -0.15) is 0 Å². The normalized spacial score (nSPS) is 13.7. The Labute approximate surface area is 228 Å². The number of nitrogens with one attached hydrogen (secondary N) is 1. The third-order valence-corrected chi connectivity index (χ3v) is 9.37. The summed E-state index contributed by atoms with van der Waals surface area (Å²) in [5.41, 5.74) is 1.64. The van der Waals surface area contributed by atoms with Crippen molar-refractivity contribution in [3.8, 4) is 0 Å². The fourth-order valence-corrected chi connectivity index (χ4v) is 6.88. The summed E-state index contributed by atoms with van der Waals surface area (Å²) >= 11 is 6.64. The maximum Gasteiger partial charge on any atom is 0.265 e. The molecule has 2 amide bonds. The minimum Gasteiger partial charge on any atom is -0.384 e. The Morgan fingerprint density at radius 3 is 2.55 bits per heavy atom. The lowest BCUT2D eigenvalue weighted by Crippen LogP contribution is -2.43. The third-order valence-electron chi connectivity index (χ3n) is 5.88. The van der Waals surface area contributed by atoms with Crippen molar-refractivity contribution in [2.75, 3.05) is 43.2 Å². The van der Waals surface area contributed by atoms with E-state index >= 15 is 4.39 Å². The number of imide groups is 1. The number of carbonyl (C=O) groups excluding carboxylic acids is 3. The Morgan fingerprint density at radius 1 is 1.13 bits per heavy atom. The predicted molar refractivity (Wildman–Crippen MR) is 145 cm³/mol. The second-order valence-electron chi connectivity index (χ2n) is 9.13. The van der Waals surface area contributed by atoms with Crippen LogP contribution in [-0.2, 0) is 32.3 Å². The van der Waals surface area contributed by atoms with E-state index in [9.17, 15) is 22.8 Å². The van der Waals surface area contributed by atoms with Gasteiger partial charge >= 0.3 is 0 Å². The molecule has 1 aliphatic heterocycles. The monoisotopic (exact) mass is 577 g/mol. The highest BCUT2D eigenvalue weighted by molar-refractivity contribution is 7.94. The van der Waals surface area contributed by atoms with Crippen LogP contribution in [0.15, 0.2) is 52.7 Å². The van der Waals surface area contributed by atoms with E-state index in [1.54, 1.807) is 18.2 Å². The van der Waals surface area contributed by atoms with Gasteiger partial charge in [0.15, 0.2) is 15.6 Å². The van der Waals surface area contributed by atoms with E-state index < -0.39 is 39.0 Å². The van der Waals surface area contributed by atoms with Crippen molar-refractivity contribution in [1.29, 1.82) is 0 Å². The molecule has 0 saturated heterocycles. The second kappa shape index (κ2) is 11.3. The number of rotatable bonds is 10. The highest BCUT2D eigenvalue weighted by atomic mass is 35.5. The van der Waals surface area contributed by atoms with Crippen molar-refractivity contribution in [3.05, 3.63) is 75.4 Å². The van der Waals surface area contributed by atoms with Crippen LogP contribution in [0.3, 0.4) is 0 Å². The lowest BCUT2D eigenvalue weighted by Gasteiger charge is -2.27. The summed E-state index contributed by atoms with van der Waals surface area (Å²) in [4.78, 5) is 41.2. The van der Waals surface area contributed by atoms with Crippen molar-refractivity contribution < 1.29 is 27.2 Å². The zero-order valence-corrected chi connectivity index (χ0v) is 23.1. The van der Waals surface area contributed by atoms with Gasteiger partial charge in [0.25, 0.3) is 5.91 Å². The van der Waals surface area contributed by atoms with Gasteiger partial charge in [0.1, 0.15) is 15.8 Å². The van der Waals surface area contributed by atoms with Crippen molar-refractivity contribution in [2.24, 2.45) is 0 Å². The van der Waals surface area contributed by atoms with Crippen LogP contribution in [0.1, 0.15) is 21.5 Å². The number of fused-ring (bicyclic) bond motifs is 1. The van der Waals surface area contributed by atoms with Crippen LogP contribution in [0.25, 0.3) is 0 Å². The SMILES string of the molecule is CN(C)CCNc1ccc2c(c1)CC(=O)N(c1ccc(CC(=O)CS(=O)(=O)c3ccc(Cl)s3)cc1F)C2=O. The molecule has 4 rings (SSSR count). The molecular formula is C26H25ClFN3O5S2. The number of hydrogen-bond acceptors (Lipinski definition) is 8. The molecule has 0 bridgehead atoms. The fourth-order valence-electron chi connectivity index (χ4n) is 4.07. The Morgan fingerprint density at radius 2 is 1.89 bits per heavy atom. The highest BCUT2D eigenvalue weighted by Crippen LogP contribution is 2.30. The van der Waals surface area contributed by atoms with Gasteiger partial charge in [-0.05, 0) is 67.7 Å². The first-order chi connectivity index (χ1) is 17.9. The van der Waals surface area contributed by atoms with E-state index in [4.69, 9.17) is 11.6 Å². The summed E-state index contributed by atoms with van der Waals surface area (Å²) < 4.78 is 40.2. The molecule has 3 aromatic rings. The van der Waals surface area contributed by atoms with Gasteiger partial charge in [0.2, 0.25) is 5.91 Å². The molecular weight excluding hydrogens is 553 g/mol. The summed E-state index contributed by atoms with van der Waals surface area (Å²) in [5.74, 6) is -3.46. The van der Waals surface area contributed by atoms with Crippen LogP contribution >= 0.6 is 22.9 Å². The Hall–Kier alpha value is -3.12. The van der Waals surface area contributed by atoms with Crippen LogP contribution in [0.4, 0.5) is 15.8 Å². The summed E-state index contributed by atoms with van der Waals surface area (Å²) in [5, 5.41) is 3.25. The number of ketones is 1. The van der Waals surface area contributed by atoms with E-state index in [-0.39, 0.29) is 32.6 Å². The molecule has 12 heteroatoms. The molecule has 0 fully saturated rings. The molecule has 0 saturated carbocycles. The molecule has 0 atom stereocenters. The summed E-state index contributed by atoms with van der Waals surface area (Å²) in [6, 6.07) is 11.6. The number of nitrogens with zero attached hydrogens (tertiary/aromatic N) is 2. The number of benzene rings is 2. The number of halogens is 2.